The van der Waals surface area contributed by atoms with E-state index in [2.05, 4.69) is 19.2 Å². The Hall–Kier alpha value is -1.81. The lowest BCUT2D eigenvalue weighted by atomic mass is 9.78. The molecular formula is C25H34F3NO5. The Balaban J connectivity index is 1.71. The van der Waals surface area contributed by atoms with E-state index in [1.807, 2.05) is 0 Å². The molecule has 1 aromatic rings. The molecule has 2 fully saturated rings. The van der Waals surface area contributed by atoms with Crippen LogP contribution in [-0.4, -0.2) is 55.3 Å². The molecular weight excluding hydrogens is 451 g/mol. The minimum Gasteiger partial charge on any atom is -0.484 e. The van der Waals surface area contributed by atoms with Crippen LogP contribution in [-0.2, 0) is 14.2 Å². The SMILES string of the molecule is COC1CCC2(CC1)NC(O)C(c1c(C)cc(OCC(F)(F)F)cc1C)=C2OC1OC1C(C)C. The third-order valence-corrected chi connectivity index (χ3v) is 7.04. The summed E-state index contributed by atoms with van der Waals surface area (Å²) in [5.41, 5.74) is 2.22. The number of benzene rings is 1. The van der Waals surface area contributed by atoms with Gasteiger partial charge in [-0.25, -0.2) is 0 Å². The second-order valence-corrected chi connectivity index (χ2v) is 9.97. The summed E-state index contributed by atoms with van der Waals surface area (Å²) in [4.78, 5) is 0. The van der Waals surface area contributed by atoms with E-state index in [9.17, 15) is 18.3 Å². The number of rotatable bonds is 7. The Morgan fingerprint density at radius 2 is 1.79 bits per heavy atom. The van der Waals surface area contributed by atoms with E-state index in [1.54, 1.807) is 33.1 Å². The standard InChI is InChI=1S/C25H34F3NO5/c1-13(2)20-23(33-20)34-21-19(22(30)29-24(21)8-6-16(31-5)7-9-24)18-14(3)10-17(11-15(18)4)32-12-25(26,27)28/h10-11,13,16,20,22-23,29-30H,6-9,12H2,1-5H3. The lowest BCUT2D eigenvalue weighted by Crippen LogP contribution is -2.50. The minimum absolute atomic E-state index is 0.0146. The fraction of sp³-hybridized carbons (Fsp3) is 0.680. The van der Waals surface area contributed by atoms with Crippen molar-refractivity contribution < 1.29 is 37.2 Å². The number of epoxide rings is 1. The highest BCUT2D eigenvalue weighted by Crippen LogP contribution is 2.48. The van der Waals surface area contributed by atoms with Gasteiger partial charge in [-0.05, 0) is 74.3 Å². The van der Waals surface area contributed by atoms with Crippen molar-refractivity contribution in [2.24, 2.45) is 5.92 Å². The van der Waals surface area contributed by atoms with Crippen LogP contribution in [0.4, 0.5) is 13.2 Å². The number of hydrogen-bond donors (Lipinski definition) is 2. The van der Waals surface area contributed by atoms with Crippen molar-refractivity contribution in [3.8, 4) is 5.75 Å². The number of aliphatic hydroxyl groups is 1. The van der Waals surface area contributed by atoms with Gasteiger partial charge in [0.15, 0.2) is 6.61 Å². The number of hydrogen-bond acceptors (Lipinski definition) is 6. The maximum atomic E-state index is 12.6. The van der Waals surface area contributed by atoms with Gasteiger partial charge in [-0.1, -0.05) is 13.8 Å². The molecule has 3 atom stereocenters. The normalized spacial score (nSPS) is 31.5. The van der Waals surface area contributed by atoms with Gasteiger partial charge in [0.25, 0.3) is 0 Å². The summed E-state index contributed by atoms with van der Waals surface area (Å²) in [5.74, 6) is 1.10. The molecule has 2 heterocycles. The predicted molar refractivity (Wildman–Crippen MR) is 120 cm³/mol. The largest absolute Gasteiger partial charge is 0.484 e. The summed E-state index contributed by atoms with van der Waals surface area (Å²) in [6, 6.07) is 3.14. The number of halogens is 3. The zero-order valence-electron chi connectivity index (χ0n) is 20.3. The van der Waals surface area contributed by atoms with Crippen LogP contribution < -0.4 is 10.1 Å². The molecule has 9 heteroatoms. The molecule has 2 aliphatic heterocycles. The van der Waals surface area contributed by atoms with E-state index in [-0.39, 0.29) is 24.2 Å². The highest BCUT2D eigenvalue weighted by Gasteiger charge is 2.53. The van der Waals surface area contributed by atoms with E-state index < -0.39 is 24.6 Å². The molecule has 1 aliphatic carbocycles. The van der Waals surface area contributed by atoms with Crippen LogP contribution in [0.3, 0.4) is 0 Å². The zero-order chi connectivity index (χ0) is 24.8. The summed E-state index contributed by atoms with van der Waals surface area (Å²) >= 11 is 0. The lowest BCUT2D eigenvalue weighted by Gasteiger charge is -2.38. The molecule has 190 valence electrons. The highest BCUT2D eigenvalue weighted by molar-refractivity contribution is 5.79. The van der Waals surface area contributed by atoms with Gasteiger partial charge in [-0.2, -0.15) is 13.2 Å². The molecule has 0 radical (unpaired) electrons. The molecule has 4 rings (SSSR count). The van der Waals surface area contributed by atoms with Crippen LogP contribution in [0.25, 0.3) is 5.57 Å². The fourth-order valence-electron chi connectivity index (χ4n) is 5.29. The Morgan fingerprint density at radius 3 is 2.29 bits per heavy atom. The van der Waals surface area contributed by atoms with E-state index in [0.717, 1.165) is 31.2 Å². The number of methoxy groups -OCH3 is 1. The molecule has 1 saturated heterocycles. The highest BCUT2D eigenvalue weighted by atomic mass is 19.4. The van der Waals surface area contributed by atoms with Crippen molar-refractivity contribution in [1.29, 1.82) is 0 Å². The molecule has 1 aromatic carbocycles. The second kappa shape index (κ2) is 9.33. The van der Waals surface area contributed by atoms with Gasteiger partial charge in [0, 0.05) is 12.7 Å². The van der Waals surface area contributed by atoms with Crippen LogP contribution in [0.5, 0.6) is 5.75 Å². The van der Waals surface area contributed by atoms with Gasteiger partial charge in [-0.3, -0.25) is 5.32 Å². The second-order valence-electron chi connectivity index (χ2n) is 9.97. The van der Waals surface area contributed by atoms with Crippen molar-refractivity contribution in [3.63, 3.8) is 0 Å². The first-order valence-corrected chi connectivity index (χ1v) is 11.8. The smallest absolute Gasteiger partial charge is 0.422 e. The van der Waals surface area contributed by atoms with Crippen molar-refractivity contribution >= 4 is 5.57 Å². The van der Waals surface area contributed by atoms with Crippen molar-refractivity contribution in [3.05, 3.63) is 34.6 Å². The van der Waals surface area contributed by atoms with Gasteiger partial charge >= 0.3 is 6.18 Å². The van der Waals surface area contributed by atoms with E-state index >= 15 is 0 Å². The van der Waals surface area contributed by atoms with Crippen LogP contribution in [0.2, 0.25) is 0 Å². The fourth-order valence-corrected chi connectivity index (χ4v) is 5.29. The van der Waals surface area contributed by atoms with Gasteiger partial charge in [0.1, 0.15) is 23.8 Å². The summed E-state index contributed by atoms with van der Waals surface area (Å²) in [6.45, 7) is 6.39. The predicted octanol–water partition coefficient (Wildman–Crippen LogP) is 4.60. The summed E-state index contributed by atoms with van der Waals surface area (Å²) in [6.07, 6.45) is -2.55. The Labute approximate surface area is 198 Å². The molecule has 3 aliphatic rings. The number of nitrogens with one attached hydrogen (secondary N) is 1. The molecule has 0 aromatic heterocycles. The van der Waals surface area contributed by atoms with Gasteiger partial charge in [0.05, 0.1) is 11.6 Å². The van der Waals surface area contributed by atoms with Crippen molar-refractivity contribution in [2.75, 3.05) is 13.7 Å². The van der Waals surface area contributed by atoms with Crippen LogP contribution in [0.15, 0.2) is 17.9 Å². The first kappa shape index (κ1) is 25.3. The molecule has 2 N–H and O–H groups in total. The minimum atomic E-state index is -4.42. The number of ether oxygens (including phenoxy) is 4. The van der Waals surface area contributed by atoms with Crippen LogP contribution >= 0.6 is 0 Å². The van der Waals surface area contributed by atoms with Crippen molar-refractivity contribution in [1.82, 2.24) is 5.32 Å². The third kappa shape index (κ3) is 5.08. The topological polar surface area (TPSA) is 72.5 Å². The zero-order valence-corrected chi connectivity index (χ0v) is 20.3. The van der Waals surface area contributed by atoms with E-state index in [1.165, 1.54) is 0 Å². The summed E-state index contributed by atoms with van der Waals surface area (Å²) < 4.78 is 60.6. The lowest BCUT2D eigenvalue weighted by molar-refractivity contribution is -0.153. The average Bonchev–Trinajstić information content (AvgIpc) is 3.48. The maximum absolute atomic E-state index is 12.6. The van der Waals surface area contributed by atoms with Crippen molar-refractivity contribution in [2.45, 2.75) is 89.8 Å². The molecule has 6 nitrogen and oxygen atoms in total. The first-order chi connectivity index (χ1) is 15.9. The Bertz CT molecular complexity index is 914. The van der Waals surface area contributed by atoms with Gasteiger partial charge in [-0.15, -0.1) is 0 Å². The van der Waals surface area contributed by atoms with E-state index in [4.69, 9.17) is 18.9 Å². The molecule has 0 amide bonds. The number of alkyl halides is 3. The number of aliphatic hydroxyl groups excluding tert-OH is 1. The Kier molecular flexibility index (Phi) is 6.94. The summed E-state index contributed by atoms with van der Waals surface area (Å²) in [5, 5.41) is 14.6. The monoisotopic (exact) mass is 485 g/mol. The Morgan fingerprint density at radius 1 is 1.18 bits per heavy atom. The first-order valence-electron chi connectivity index (χ1n) is 11.8. The molecule has 1 spiro atoms. The van der Waals surface area contributed by atoms with Crippen LogP contribution in [0, 0.1) is 19.8 Å². The van der Waals surface area contributed by atoms with Gasteiger partial charge in [0.2, 0.25) is 6.29 Å². The maximum Gasteiger partial charge on any atom is 0.422 e. The van der Waals surface area contributed by atoms with E-state index in [0.29, 0.717) is 28.4 Å². The average molecular weight is 486 g/mol. The molecule has 34 heavy (non-hydrogen) atoms. The molecule has 3 unspecified atom stereocenters. The van der Waals surface area contributed by atoms with Crippen LogP contribution in [0.1, 0.15) is 56.2 Å². The number of aryl methyl sites for hydroxylation is 2. The molecule has 0 bridgehead atoms. The molecule has 1 saturated carbocycles. The summed E-state index contributed by atoms with van der Waals surface area (Å²) in [7, 11) is 1.71. The third-order valence-electron chi connectivity index (χ3n) is 7.04. The van der Waals surface area contributed by atoms with Gasteiger partial charge < -0.3 is 24.1 Å². The quantitative estimate of drug-likeness (QED) is 0.550.